The zero-order valence-electron chi connectivity index (χ0n) is 14.7. The van der Waals surface area contributed by atoms with Gasteiger partial charge in [-0.05, 0) is 17.7 Å². The van der Waals surface area contributed by atoms with Gasteiger partial charge in [0.15, 0.2) is 0 Å². The van der Waals surface area contributed by atoms with E-state index in [1.807, 2.05) is 36.4 Å². The average Bonchev–Trinajstić information content (AvgIpc) is 3.30. The number of aromatic nitrogens is 2. The summed E-state index contributed by atoms with van der Waals surface area (Å²) in [6, 6.07) is 16.1. The van der Waals surface area contributed by atoms with Crippen molar-refractivity contribution in [2.24, 2.45) is 5.92 Å². The Kier molecular flexibility index (Phi) is 4.73. The molecule has 1 fully saturated rings. The van der Waals surface area contributed by atoms with Crippen LogP contribution < -0.4 is 0 Å². The highest BCUT2D eigenvalue weighted by atomic mass is 19.1. The summed E-state index contributed by atoms with van der Waals surface area (Å²) in [7, 11) is 0. The fourth-order valence-electron chi connectivity index (χ4n) is 3.87. The van der Waals surface area contributed by atoms with E-state index < -0.39 is 11.9 Å². The predicted molar refractivity (Wildman–Crippen MR) is 99.6 cm³/mol. The maximum Gasteiger partial charge on any atom is 0.308 e. The lowest BCUT2D eigenvalue weighted by atomic mass is 9.89. The SMILES string of the molecule is O=C(O)[C@@H]1CN(Cc2cn[nH]c2-c2cccc(F)c2)C[C@H]1c1ccccc1. The molecule has 0 unspecified atom stereocenters. The Morgan fingerprint density at radius 1 is 1.19 bits per heavy atom. The van der Waals surface area contributed by atoms with E-state index in [1.54, 1.807) is 12.3 Å². The summed E-state index contributed by atoms with van der Waals surface area (Å²) in [4.78, 5) is 13.9. The number of carboxylic acid groups (broad SMARTS) is 1. The molecule has 2 heterocycles. The Labute approximate surface area is 156 Å². The zero-order chi connectivity index (χ0) is 18.8. The minimum atomic E-state index is -0.774. The van der Waals surface area contributed by atoms with Crippen LogP contribution in [0.15, 0.2) is 60.8 Å². The third-order valence-electron chi connectivity index (χ3n) is 5.17. The molecule has 2 N–H and O–H groups in total. The van der Waals surface area contributed by atoms with Crippen LogP contribution in [-0.2, 0) is 11.3 Å². The summed E-state index contributed by atoms with van der Waals surface area (Å²) < 4.78 is 13.6. The molecule has 3 aromatic rings. The first-order valence-electron chi connectivity index (χ1n) is 8.90. The second-order valence-corrected chi connectivity index (χ2v) is 6.94. The van der Waals surface area contributed by atoms with Crippen molar-refractivity contribution in [3.63, 3.8) is 0 Å². The molecule has 1 aromatic heterocycles. The molecule has 0 spiro atoms. The van der Waals surface area contributed by atoms with E-state index in [0.717, 1.165) is 22.4 Å². The number of hydrogen-bond acceptors (Lipinski definition) is 3. The summed E-state index contributed by atoms with van der Waals surface area (Å²) in [6.07, 6.45) is 1.73. The topological polar surface area (TPSA) is 69.2 Å². The minimum Gasteiger partial charge on any atom is -0.481 e. The van der Waals surface area contributed by atoms with E-state index in [2.05, 4.69) is 15.1 Å². The van der Waals surface area contributed by atoms with Crippen LogP contribution in [0.2, 0.25) is 0 Å². The standard InChI is InChI=1S/C21H20FN3O2/c22-17-8-4-7-15(9-17)20-16(10-23-24-20)11-25-12-18(19(13-25)21(26)27)14-5-2-1-3-6-14/h1-10,18-19H,11-13H2,(H,23,24)(H,26,27)/t18-,19+/m0/s1. The van der Waals surface area contributed by atoms with Gasteiger partial charge in [-0.15, -0.1) is 0 Å². The number of aromatic amines is 1. The van der Waals surface area contributed by atoms with Crippen molar-refractivity contribution in [1.82, 2.24) is 15.1 Å². The molecule has 6 heteroatoms. The van der Waals surface area contributed by atoms with Crippen molar-refractivity contribution >= 4 is 5.97 Å². The van der Waals surface area contributed by atoms with Gasteiger partial charge in [-0.2, -0.15) is 5.10 Å². The zero-order valence-corrected chi connectivity index (χ0v) is 14.7. The van der Waals surface area contributed by atoms with Crippen molar-refractivity contribution in [3.8, 4) is 11.3 Å². The quantitative estimate of drug-likeness (QED) is 0.726. The van der Waals surface area contributed by atoms with Gasteiger partial charge in [0, 0.05) is 36.7 Å². The van der Waals surface area contributed by atoms with Gasteiger partial charge in [-0.3, -0.25) is 14.8 Å². The van der Waals surface area contributed by atoms with E-state index in [0.29, 0.717) is 19.6 Å². The molecule has 1 saturated heterocycles. The van der Waals surface area contributed by atoms with Gasteiger partial charge in [0.05, 0.1) is 17.8 Å². The molecular formula is C21H20FN3O2. The normalized spacial score (nSPS) is 20.0. The lowest BCUT2D eigenvalue weighted by Crippen LogP contribution is -2.23. The maximum absolute atomic E-state index is 13.6. The summed E-state index contributed by atoms with van der Waals surface area (Å²) in [5.41, 5.74) is 3.48. The van der Waals surface area contributed by atoms with Crippen LogP contribution >= 0.6 is 0 Å². The van der Waals surface area contributed by atoms with E-state index in [-0.39, 0.29) is 11.7 Å². The molecule has 138 valence electrons. The number of nitrogens with one attached hydrogen (secondary N) is 1. The molecule has 27 heavy (non-hydrogen) atoms. The number of carboxylic acids is 1. The average molecular weight is 365 g/mol. The van der Waals surface area contributed by atoms with E-state index in [4.69, 9.17) is 0 Å². The molecule has 1 aliphatic heterocycles. The van der Waals surface area contributed by atoms with Crippen LogP contribution in [0.4, 0.5) is 4.39 Å². The molecule has 0 radical (unpaired) electrons. The number of halogens is 1. The number of aliphatic carboxylic acids is 1. The Bertz CT molecular complexity index is 941. The molecule has 1 aliphatic rings. The molecule has 0 saturated carbocycles. The number of hydrogen-bond donors (Lipinski definition) is 2. The molecule has 2 aromatic carbocycles. The molecule has 0 bridgehead atoms. The summed E-state index contributed by atoms with van der Waals surface area (Å²) in [6.45, 7) is 1.70. The van der Waals surface area contributed by atoms with Gasteiger partial charge in [-0.1, -0.05) is 42.5 Å². The highest BCUT2D eigenvalue weighted by Gasteiger charge is 2.38. The fraction of sp³-hybridized carbons (Fsp3) is 0.238. The summed E-state index contributed by atoms with van der Waals surface area (Å²) in [5.74, 6) is -1.57. The third kappa shape index (κ3) is 3.61. The number of carbonyl (C=O) groups is 1. The second-order valence-electron chi connectivity index (χ2n) is 6.94. The molecule has 5 nitrogen and oxygen atoms in total. The van der Waals surface area contributed by atoms with Crippen molar-refractivity contribution in [3.05, 3.63) is 77.7 Å². The molecule has 0 amide bonds. The van der Waals surface area contributed by atoms with Crippen LogP contribution in [0.3, 0.4) is 0 Å². The van der Waals surface area contributed by atoms with Crippen molar-refractivity contribution in [2.75, 3.05) is 13.1 Å². The van der Waals surface area contributed by atoms with Crippen molar-refractivity contribution in [1.29, 1.82) is 0 Å². The number of rotatable bonds is 5. The lowest BCUT2D eigenvalue weighted by molar-refractivity contribution is -0.141. The first kappa shape index (κ1) is 17.4. The second kappa shape index (κ2) is 7.32. The Hall–Kier alpha value is -2.99. The molecule has 4 rings (SSSR count). The maximum atomic E-state index is 13.6. The van der Waals surface area contributed by atoms with Gasteiger partial charge in [0.2, 0.25) is 0 Å². The van der Waals surface area contributed by atoms with Crippen molar-refractivity contribution < 1.29 is 14.3 Å². The van der Waals surface area contributed by atoms with Crippen molar-refractivity contribution in [2.45, 2.75) is 12.5 Å². The van der Waals surface area contributed by atoms with E-state index in [9.17, 15) is 14.3 Å². The highest BCUT2D eigenvalue weighted by Crippen LogP contribution is 2.34. The Morgan fingerprint density at radius 3 is 2.74 bits per heavy atom. The van der Waals surface area contributed by atoms with Gasteiger partial charge in [-0.25, -0.2) is 4.39 Å². The lowest BCUT2D eigenvalue weighted by Gasteiger charge is -2.16. The first-order chi connectivity index (χ1) is 13.1. The first-order valence-corrected chi connectivity index (χ1v) is 8.90. The smallest absolute Gasteiger partial charge is 0.308 e. The van der Waals surface area contributed by atoms with Crippen LogP contribution in [0.1, 0.15) is 17.0 Å². The largest absolute Gasteiger partial charge is 0.481 e. The van der Waals surface area contributed by atoms with Crippen LogP contribution in [-0.4, -0.2) is 39.3 Å². The minimum absolute atomic E-state index is 0.0479. The monoisotopic (exact) mass is 365 g/mol. The van der Waals surface area contributed by atoms with Gasteiger partial charge >= 0.3 is 5.97 Å². The number of H-pyrrole nitrogens is 1. The highest BCUT2D eigenvalue weighted by molar-refractivity contribution is 5.72. The molecule has 2 atom stereocenters. The number of likely N-dealkylation sites (tertiary alicyclic amines) is 1. The molecular weight excluding hydrogens is 345 g/mol. The van der Waals surface area contributed by atoms with Crippen LogP contribution in [0.25, 0.3) is 11.3 Å². The predicted octanol–water partition coefficient (Wildman–Crippen LogP) is 3.52. The van der Waals surface area contributed by atoms with Gasteiger partial charge in [0.25, 0.3) is 0 Å². The Morgan fingerprint density at radius 2 is 2.00 bits per heavy atom. The number of benzene rings is 2. The van der Waals surface area contributed by atoms with E-state index >= 15 is 0 Å². The fourth-order valence-corrected chi connectivity index (χ4v) is 3.87. The van der Waals surface area contributed by atoms with Crippen LogP contribution in [0, 0.1) is 11.7 Å². The number of nitrogens with zero attached hydrogens (tertiary/aromatic N) is 2. The van der Waals surface area contributed by atoms with Gasteiger partial charge in [0.1, 0.15) is 5.82 Å². The molecule has 0 aliphatic carbocycles. The van der Waals surface area contributed by atoms with Gasteiger partial charge < -0.3 is 5.11 Å². The summed E-state index contributed by atoms with van der Waals surface area (Å²) in [5, 5.41) is 16.7. The third-order valence-corrected chi connectivity index (χ3v) is 5.17. The van der Waals surface area contributed by atoms with Crippen LogP contribution in [0.5, 0.6) is 0 Å². The summed E-state index contributed by atoms with van der Waals surface area (Å²) >= 11 is 0. The Balaban J connectivity index is 1.56. The van der Waals surface area contributed by atoms with E-state index in [1.165, 1.54) is 12.1 Å².